The van der Waals surface area contributed by atoms with Gasteiger partial charge in [-0.05, 0) is 41.5 Å². The van der Waals surface area contributed by atoms with Gasteiger partial charge in [-0.3, -0.25) is 4.98 Å². The minimum absolute atomic E-state index is 0.0664. The van der Waals surface area contributed by atoms with Crippen molar-refractivity contribution >= 4 is 5.97 Å². The number of pyridine rings is 1. The molecule has 0 amide bonds. The van der Waals surface area contributed by atoms with Gasteiger partial charge in [0.1, 0.15) is 5.82 Å². The molecular weight excluding hydrogens is 317 g/mol. The lowest BCUT2D eigenvalue weighted by Gasteiger charge is -2.23. The first-order valence-corrected chi connectivity index (χ1v) is 8.72. The molecule has 1 aromatic heterocycles. The van der Waals surface area contributed by atoms with Crippen LogP contribution in [0.4, 0.5) is 4.39 Å². The number of aromatic nitrogens is 1. The molecule has 25 heavy (non-hydrogen) atoms. The fraction of sp³-hybridized carbons (Fsp3) is 0.429. The number of carbonyl (C=O) groups is 1. The number of carbonyl (C=O) groups excluding carboxylic acids is 1. The summed E-state index contributed by atoms with van der Waals surface area (Å²) in [5, 5.41) is 0. The summed E-state index contributed by atoms with van der Waals surface area (Å²) in [5.74, 6) is -0.417. The van der Waals surface area contributed by atoms with E-state index < -0.39 is 5.97 Å². The van der Waals surface area contributed by atoms with E-state index in [1.54, 1.807) is 12.1 Å². The first-order chi connectivity index (χ1) is 11.8. The number of nitrogens with zero attached hydrogens (tertiary/aromatic N) is 1. The van der Waals surface area contributed by atoms with E-state index in [0.29, 0.717) is 5.56 Å². The van der Waals surface area contributed by atoms with Crippen LogP contribution in [0.2, 0.25) is 0 Å². The predicted octanol–water partition coefficient (Wildman–Crippen LogP) is 5.48. The van der Waals surface area contributed by atoms with Gasteiger partial charge >= 0.3 is 5.97 Å². The third-order valence-electron chi connectivity index (χ3n) is 4.33. The van der Waals surface area contributed by atoms with Crippen LogP contribution in [0, 0.1) is 5.82 Å². The van der Waals surface area contributed by atoms with E-state index >= 15 is 0 Å². The number of ether oxygens (including phenoxy) is 1. The third-order valence-corrected chi connectivity index (χ3v) is 4.33. The number of esters is 1. The molecule has 0 atom stereocenters. The third kappa shape index (κ3) is 3.73. The number of hydrogen-bond donors (Lipinski definition) is 0. The van der Waals surface area contributed by atoms with Crippen LogP contribution < -0.4 is 0 Å². The second-order valence-electron chi connectivity index (χ2n) is 6.77. The molecule has 4 heteroatoms. The average Bonchev–Trinajstić information content (AvgIpc) is 2.59. The molecule has 3 nitrogen and oxygen atoms in total. The molecule has 0 bridgehead atoms. The molecule has 0 aliphatic rings. The molecule has 0 unspecified atom stereocenters. The van der Waals surface area contributed by atoms with E-state index in [1.165, 1.54) is 19.2 Å². The van der Waals surface area contributed by atoms with Crippen LogP contribution in [0.5, 0.6) is 0 Å². The Morgan fingerprint density at radius 2 is 1.64 bits per heavy atom. The van der Waals surface area contributed by atoms with E-state index in [9.17, 15) is 9.18 Å². The van der Waals surface area contributed by atoms with E-state index in [1.807, 2.05) is 20.8 Å². The standard InChI is InChI=1S/C21H26FNO2/c1-7-16-17(14-8-10-15(22)11-9-14)18(21(24)25-6)20(13(4)5)23-19(16)12(2)3/h8-13H,7H2,1-6H3. The largest absolute Gasteiger partial charge is 0.465 e. The maximum atomic E-state index is 13.4. The normalized spacial score (nSPS) is 11.2. The highest BCUT2D eigenvalue weighted by atomic mass is 19.1. The molecule has 0 fully saturated rings. The molecule has 0 N–H and O–H groups in total. The van der Waals surface area contributed by atoms with Gasteiger partial charge in [-0.25, -0.2) is 9.18 Å². The second kappa shape index (κ2) is 7.77. The lowest BCUT2D eigenvalue weighted by molar-refractivity contribution is 0.0599. The van der Waals surface area contributed by atoms with Crippen molar-refractivity contribution in [3.05, 3.63) is 52.6 Å². The summed E-state index contributed by atoms with van der Waals surface area (Å²) < 4.78 is 18.5. The Morgan fingerprint density at radius 1 is 1.08 bits per heavy atom. The monoisotopic (exact) mass is 343 g/mol. The lowest BCUT2D eigenvalue weighted by Crippen LogP contribution is -2.16. The van der Waals surface area contributed by atoms with Crippen LogP contribution in [0.25, 0.3) is 11.1 Å². The quantitative estimate of drug-likeness (QED) is 0.675. The van der Waals surface area contributed by atoms with Crippen LogP contribution >= 0.6 is 0 Å². The summed E-state index contributed by atoms with van der Waals surface area (Å²) in [6, 6.07) is 6.26. The molecule has 1 aromatic carbocycles. The van der Waals surface area contributed by atoms with Crippen molar-refractivity contribution in [1.82, 2.24) is 4.98 Å². The van der Waals surface area contributed by atoms with Gasteiger partial charge in [0.05, 0.1) is 18.4 Å². The SMILES string of the molecule is CCc1c(C(C)C)nc(C(C)C)c(C(=O)OC)c1-c1ccc(F)cc1. The van der Waals surface area contributed by atoms with Gasteiger partial charge < -0.3 is 4.74 Å². The smallest absolute Gasteiger partial charge is 0.340 e. The Bertz CT molecular complexity index is 764. The summed E-state index contributed by atoms with van der Waals surface area (Å²) in [4.78, 5) is 17.5. The first kappa shape index (κ1) is 19.1. The zero-order valence-electron chi connectivity index (χ0n) is 15.8. The summed E-state index contributed by atoms with van der Waals surface area (Å²) in [7, 11) is 1.38. The highest BCUT2D eigenvalue weighted by Crippen LogP contribution is 2.37. The van der Waals surface area contributed by atoms with Crippen LogP contribution in [-0.2, 0) is 11.2 Å². The average molecular weight is 343 g/mol. The van der Waals surface area contributed by atoms with E-state index in [-0.39, 0.29) is 17.7 Å². The molecule has 0 aliphatic heterocycles. The molecule has 0 aliphatic carbocycles. The molecule has 0 saturated carbocycles. The van der Waals surface area contributed by atoms with Crippen molar-refractivity contribution in [2.45, 2.75) is 52.9 Å². The summed E-state index contributed by atoms with van der Waals surface area (Å²) in [6.45, 7) is 10.3. The van der Waals surface area contributed by atoms with Crippen molar-refractivity contribution in [3.8, 4) is 11.1 Å². The van der Waals surface area contributed by atoms with Crippen molar-refractivity contribution in [1.29, 1.82) is 0 Å². The Hall–Kier alpha value is -2.23. The van der Waals surface area contributed by atoms with Crippen molar-refractivity contribution in [3.63, 3.8) is 0 Å². The highest BCUT2D eigenvalue weighted by molar-refractivity contribution is 5.99. The molecule has 0 spiro atoms. The molecule has 134 valence electrons. The van der Waals surface area contributed by atoms with E-state index in [0.717, 1.165) is 34.5 Å². The number of methoxy groups -OCH3 is 1. The molecule has 2 aromatic rings. The van der Waals surface area contributed by atoms with Crippen LogP contribution in [0.15, 0.2) is 24.3 Å². The number of hydrogen-bond acceptors (Lipinski definition) is 3. The van der Waals surface area contributed by atoms with Gasteiger partial charge in [0.15, 0.2) is 0 Å². The zero-order chi connectivity index (χ0) is 18.7. The summed E-state index contributed by atoms with van der Waals surface area (Å²) in [6.07, 6.45) is 0.732. The van der Waals surface area contributed by atoms with E-state index in [2.05, 4.69) is 13.8 Å². The maximum absolute atomic E-state index is 13.4. The van der Waals surface area contributed by atoms with Crippen LogP contribution in [-0.4, -0.2) is 18.1 Å². The lowest BCUT2D eigenvalue weighted by atomic mass is 9.86. The van der Waals surface area contributed by atoms with Gasteiger partial charge in [-0.1, -0.05) is 46.8 Å². The molecule has 0 radical (unpaired) electrons. The first-order valence-electron chi connectivity index (χ1n) is 8.72. The van der Waals surface area contributed by atoms with Gasteiger partial charge in [0.2, 0.25) is 0 Å². The van der Waals surface area contributed by atoms with Gasteiger partial charge in [0.25, 0.3) is 0 Å². The fourth-order valence-electron chi connectivity index (χ4n) is 3.16. The Kier molecular flexibility index (Phi) is 5.93. The predicted molar refractivity (Wildman–Crippen MR) is 98.5 cm³/mol. The van der Waals surface area contributed by atoms with Crippen molar-refractivity contribution in [2.24, 2.45) is 0 Å². The molecule has 2 rings (SSSR count). The van der Waals surface area contributed by atoms with Crippen LogP contribution in [0.1, 0.15) is 73.8 Å². The zero-order valence-corrected chi connectivity index (χ0v) is 15.8. The second-order valence-corrected chi connectivity index (χ2v) is 6.77. The molecule has 0 saturated heterocycles. The Labute approximate surface area is 149 Å². The molecular formula is C21H26FNO2. The number of halogens is 1. The Morgan fingerprint density at radius 3 is 2.08 bits per heavy atom. The molecule has 1 heterocycles. The minimum atomic E-state index is -0.402. The number of rotatable bonds is 5. The van der Waals surface area contributed by atoms with Gasteiger partial charge in [-0.2, -0.15) is 0 Å². The van der Waals surface area contributed by atoms with Crippen molar-refractivity contribution < 1.29 is 13.9 Å². The topological polar surface area (TPSA) is 39.2 Å². The summed E-state index contributed by atoms with van der Waals surface area (Å²) in [5.41, 5.74) is 4.85. The fourth-order valence-corrected chi connectivity index (χ4v) is 3.16. The minimum Gasteiger partial charge on any atom is -0.465 e. The highest BCUT2D eigenvalue weighted by Gasteiger charge is 2.27. The van der Waals surface area contributed by atoms with Gasteiger partial charge in [-0.15, -0.1) is 0 Å². The van der Waals surface area contributed by atoms with Crippen LogP contribution in [0.3, 0.4) is 0 Å². The van der Waals surface area contributed by atoms with E-state index in [4.69, 9.17) is 9.72 Å². The van der Waals surface area contributed by atoms with Gasteiger partial charge in [0, 0.05) is 11.3 Å². The Balaban J connectivity index is 2.96. The summed E-state index contributed by atoms with van der Waals surface area (Å²) >= 11 is 0. The number of benzene rings is 1. The maximum Gasteiger partial charge on any atom is 0.340 e. The van der Waals surface area contributed by atoms with Crippen molar-refractivity contribution in [2.75, 3.05) is 7.11 Å².